The van der Waals surface area contributed by atoms with Gasteiger partial charge in [-0.2, -0.15) is 5.21 Å². The van der Waals surface area contributed by atoms with Crippen molar-refractivity contribution in [1.29, 1.82) is 0 Å². The van der Waals surface area contributed by atoms with Crippen molar-refractivity contribution in [2.75, 3.05) is 0 Å². The Labute approximate surface area is 58.5 Å². The van der Waals surface area contributed by atoms with E-state index in [0.717, 1.165) is 0 Å². The van der Waals surface area contributed by atoms with Gasteiger partial charge in [-0.1, -0.05) is 5.21 Å². The molecule has 1 atom stereocenters. The minimum atomic E-state index is -0.293. The van der Waals surface area contributed by atoms with E-state index in [9.17, 15) is 0 Å². The molecule has 0 aliphatic carbocycles. The molecule has 5 nitrogen and oxygen atoms in total. The smallest absolute Gasteiger partial charge is 0.174 e. The Morgan fingerprint density at radius 3 is 3.00 bits per heavy atom. The van der Waals surface area contributed by atoms with E-state index in [4.69, 9.17) is 5.11 Å². The number of aromatic nitrogens is 4. The number of H-pyrrole nitrogens is 1. The van der Waals surface area contributed by atoms with Crippen LogP contribution < -0.4 is 0 Å². The van der Waals surface area contributed by atoms with Gasteiger partial charge in [0.05, 0.1) is 6.10 Å². The standard InChI is InChI=1S/C5H10N4O/c1-4(10)2-3-5-6-8-9-7-5/h4,10H,2-3H2,1H3,(H,6,7,8,9). The second kappa shape index (κ2) is 3.26. The zero-order valence-corrected chi connectivity index (χ0v) is 5.78. The van der Waals surface area contributed by atoms with Crippen molar-refractivity contribution in [1.82, 2.24) is 20.6 Å². The molecule has 1 rings (SSSR count). The molecular weight excluding hydrogens is 132 g/mol. The first kappa shape index (κ1) is 7.14. The summed E-state index contributed by atoms with van der Waals surface area (Å²) in [5.74, 6) is 0.654. The Kier molecular flexibility index (Phi) is 2.33. The highest BCUT2D eigenvalue weighted by molar-refractivity contribution is 4.76. The Morgan fingerprint density at radius 1 is 1.70 bits per heavy atom. The third-order valence-corrected chi connectivity index (χ3v) is 1.17. The second-order valence-electron chi connectivity index (χ2n) is 2.22. The van der Waals surface area contributed by atoms with Crippen LogP contribution in [-0.4, -0.2) is 31.8 Å². The number of aliphatic hydroxyl groups excluding tert-OH is 1. The minimum Gasteiger partial charge on any atom is -0.393 e. The van der Waals surface area contributed by atoms with Crippen LogP contribution in [0.3, 0.4) is 0 Å². The van der Waals surface area contributed by atoms with Crippen LogP contribution >= 0.6 is 0 Å². The van der Waals surface area contributed by atoms with Gasteiger partial charge in [-0.15, -0.1) is 10.2 Å². The quantitative estimate of drug-likeness (QED) is 0.597. The van der Waals surface area contributed by atoms with E-state index in [1.54, 1.807) is 6.92 Å². The van der Waals surface area contributed by atoms with E-state index in [0.29, 0.717) is 18.7 Å². The highest BCUT2D eigenvalue weighted by atomic mass is 16.3. The number of nitrogens with one attached hydrogen (secondary N) is 1. The normalized spacial score (nSPS) is 13.4. The molecule has 1 heterocycles. The predicted octanol–water partition coefficient (Wildman–Crippen LogP) is -0.487. The van der Waals surface area contributed by atoms with Gasteiger partial charge < -0.3 is 5.11 Å². The number of nitrogens with zero attached hydrogens (tertiary/aromatic N) is 3. The van der Waals surface area contributed by atoms with Gasteiger partial charge in [0.2, 0.25) is 0 Å². The molecule has 0 spiro atoms. The van der Waals surface area contributed by atoms with Crippen molar-refractivity contribution < 1.29 is 5.11 Å². The van der Waals surface area contributed by atoms with E-state index in [-0.39, 0.29) is 6.10 Å². The van der Waals surface area contributed by atoms with Crippen LogP contribution in [0, 0.1) is 0 Å². The Morgan fingerprint density at radius 2 is 2.50 bits per heavy atom. The predicted molar refractivity (Wildman–Crippen MR) is 34.2 cm³/mol. The molecule has 0 aliphatic rings. The summed E-state index contributed by atoms with van der Waals surface area (Å²) in [5, 5.41) is 22.0. The van der Waals surface area contributed by atoms with Crippen LogP contribution in [0.5, 0.6) is 0 Å². The third kappa shape index (κ3) is 2.10. The topological polar surface area (TPSA) is 74.7 Å². The van der Waals surface area contributed by atoms with Gasteiger partial charge in [0.25, 0.3) is 0 Å². The average Bonchev–Trinajstić information content (AvgIpc) is 2.34. The molecule has 10 heavy (non-hydrogen) atoms. The van der Waals surface area contributed by atoms with Crippen molar-refractivity contribution in [3.63, 3.8) is 0 Å². The molecule has 0 aliphatic heterocycles. The first-order chi connectivity index (χ1) is 4.79. The van der Waals surface area contributed by atoms with E-state index in [1.807, 2.05) is 0 Å². The summed E-state index contributed by atoms with van der Waals surface area (Å²) in [6.45, 7) is 1.74. The van der Waals surface area contributed by atoms with Crippen molar-refractivity contribution >= 4 is 0 Å². The zero-order valence-electron chi connectivity index (χ0n) is 5.78. The van der Waals surface area contributed by atoms with Gasteiger partial charge in [-0.3, -0.25) is 0 Å². The van der Waals surface area contributed by atoms with Crippen LogP contribution in [0.2, 0.25) is 0 Å². The minimum absolute atomic E-state index is 0.293. The van der Waals surface area contributed by atoms with E-state index >= 15 is 0 Å². The monoisotopic (exact) mass is 142 g/mol. The third-order valence-electron chi connectivity index (χ3n) is 1.17. The number of aliphatic hydroxyl groups is 1. The Balaban J connectivity index is 2.28. The highest BCUT2D eigenvalue weighted by Gasteiger charge is 2.00. The summed E-state index contributed by atoms with van der Waals surface area (Å²) in [5.41, 5.74) is 0. The maximum Gasteiger partial charge on any atom is 0.174 e. The molecule has 0 saturated carbocycles. The van der Waals surface area contributed by atoms with Crippen molar-refractivity contribution in [2.24, 2.45) is 0 Å². The molecule has 0 saturated heterocycles. The molecule has 0 amide bonds. The first-order valence-corrected chi connectivity index (χ1v) is 3.19. The van der Waals surface area contributed by atoms with Crippen LogP contribution in [0.4, 0.5) is 0 Å². The molecule has 5 heteroatoms. The van der Waals surface area contributed by atoms with Crippen LogP contribution in [0.25, 0.3) is 0 Å². The summed E-state index contributed by atoms with van der Waals surface area (Å²) in [7, 11) is 0. The number of aryl methyl sites for hydroxylation is 1. The largest absolute Gasteiger partial charge is 0.393 e. The number of tetrazole rings is 1. The molecule has 0 fully saturated rings. The lowest BCUT2D eigenvalue weighted by Gasteiger charge is -1.97. The van der Waals surface area contributed by atoms with E-state index < -0.39 is 0 Å². The fourth-order valence-electron chi connectivity index (χ4n) is 0.626. The molecule has 0 bridgehead atoms. The fourth-order valence-corrected chi connectivity index (χ4v) is 0.626. The van der Waals surface area contributed by atoms with E-state index in [1.165, 1.54) is 0 Å². The second-order valence-corrected chi connectivity index (χ2v) is 2.22. The molecular formula is C5H10N4O. The summed E-state index contributed by atoms with van der Waals surface area (Å²) in [6.07, 6.45) is 1.06. The summed E-state index contributed by atoms with van der Waals surface area (Å²) in [6, 6.07) is 0. The fraction of sp³-hybridized carbons (Fsp3) is 0.800. The maximum atomic E-state index is 8.87. The van der Waals surface area contributed by atoms with Gasteiger partial charge in [0, 0.05) is 6.42 Å². The highest BCUT2D eigenvalue weighted by Crippen LogP contribution is 1.95. The molecule has 0 aromatic carbocycles. The van der Waals surface area contributed by atoms with Gasteiger partial charge in [-0.25, -0.2) is 0 Å². The molecule has 56 valence electrons. The summed E-state index contributed by atoms with van der Waals surface area (Å²) < 4.78 is 0. The van der Waals surface area contributed by atoms with Crippen LogP contribution in [0.1, 0.15) is 19.2 Å². The molecule has 1 aromatic heterocycles. The number of hydrogen-bond donors (Lipinski definition) is 2. The number of aromatic amines is 1. The van der Waals surface area contributed by atoms with Crippen molar-refractivity contribution in [2.45, 2.75) is 25.9 Å². The molecule has 1 unspecified atom stereocenters. The molecule has 0 radical (unpaired) electrons. The zero-order chi connectivity index (χ0) is 7.40. The summed E-state index contributed by atoms with van der Waals surface area (Å²) >= 11 is 0. The number of rotatable bonds is 3. The molecule has 2 N–H and O–H groups in total. The lowest BCUT2D eigenvalue weighted by atomic mass is 10.2. The van der Waals surface area contributed by atoms with Gasteiger partial charge in [0.15, 0.2) is 5.82 Å². The van der Waals surface area contributed by atoms with Gasteiger partial charge >= 0.3 is 0 Å². The lowest BCUT2D eigenvalue weighted by Crippen LogP contribution is -2.02. The molecule has 1 aromatic rings. The van der Waals surface area contributed by atoms with Crippen molar-refractivity contribution in [3.05, 3.63) is 5.82 Å². The summed E-state index contributed by atoms with van der Waals surface area (Å²) in [4.78, 5) is 0. The maximum absolute atomic E-state index is 8.87. The van der Waals surface area contributed by atoms with Gasteiger partial charge in [0.1, 0.15) is 0 Å². The average molecular weight is 142 g/mol. The van der Waals surface area contributed by atoms with E-state index in [2.05, 4.69) is 20.6 Å². The lowest BCUT2D eigenvalue weighted by molar-refractivity contribution is 0.184. The Hall–Kier alpha value is -0.970. The SMILES string of the molecule is CC(O)CCc1nn[nH]n1. The van der Waals surface area contributed by atoms with Crippen LogP contribution in [0.15, 0.2) is 0 Å². The van der Waals surface area contributed by atoms with Crippen LogP contribution in [-0.2, 0) is 6.42 Å². The first-order valence-electron chi connectivity index (χ1n) is 3.19. The number of hydrogen-bond acceptors (Lipinski definition) is 4. The van der Waals surface area contributed by atoms with Gasteiger partial charge in [-0.05, 0) is 13.3 Å². The van der Waals surface area contributed by atoms with Crippen molar-refractivity contribution in [3.8, 4) is 0 Å². The Bertz CT molecular complexity index is 172.